The molecule has 3 aromatic rings. The molecule has 0 aliphatic carbocycles. The smallest absolute Gasteiger partial charge is 0.247 e. The van der Waals surface area contributed by atoms with Crippen LogP contribution in [0.15, 0.2) is 61.3 Å². The Labute approximate surface area is 199 Å². The molecule has 8 nitrogen and oxygen atoms in total. The van der Waals surface area contributed by atoms with Gasteiger partial charge in [0.2, 0.25) is 11.9 Å². The van der Waals surface area contributed by atoms with Crippen molar-refractivity contribution in [2.75, 3.05) is 38.0 Å². The second-order valence-electron chi connectivity index (χ2n) is 8.09. The Morgan fingerprint density at radius 1 is 1.15 bits per heavy atom. The zero-order chi connectivity index (χ0) is 23.9. The molecule has 1 aromatic heterocycles. The molecule has 1 aliphatic rings. The van der Waals surface area contributed by atoms with E-state index in [1.54, 1.807) is 20.4 Å². The van der Waals surface area contributed by atoms with Crippen molar-refractivity contribution in [3.63, 3.8) is 0 Å². The van der Waals surface area contributed by atoms with Gasteiger partial charge in [-0.2, -0.15) is 0 Å². The summed E-state index contributed by atoms with van der Waals surface area (Å²) >= 11 is 0. The molecule has 0 radical (unpaired) electrons. The number of nitrogens with one attached hydrogen (secondary N) is 2. The van der Waals surface area contributed by atoms with Crippen LogP contribution in [-0.4, -0.2) is 48.1 Å². The van der Waals surface area contributed by atoms with Crippen molar-refractivity contribution in [2.45, 2.75) is 19.5 Å². The second kappa shape index (κ2) is 10.9. The first kappa shape index (κ1) is 23.4. The lowest BCUT2D eigenvalue weighted by atomic mass is 10.1. The van der Waals surface area contributed by atoms with Gasteiger partial charge in [-0.25, -0.2) is 9.97 Å². The van der Waals surface area contributed by atoms with E-state index in [1.165, 1.54) is 17.2 Å². The highest BCUT2D eigenvalue weighted by molar-refractivity contribution is 5.98. The Hall–Kier alpha value is -3.75. The van der Waals surface area contributed by atoms with E-state index in [-0.39, 0.29) is 5.91 Å². The summed E-state index contributed by atoms with van der Waals surface area (Å²) in [5.74, 6) is 0.856. The molecule has 0 saturated carbocycles. The Bertz CT molecular complexity index is 1180. The fraction of sp³-hybridized carbons (Fsp3) is 0.269. The van der Waals surface area contributed by atoms with Crippen LogP contribution in [0.25, 0.3) is 0 Å². The maximum absolute atomic E-state index is 11.6. The van der Waals surface area contributed by atoms with Gasteiger partial charge >= 0.3 is 0 Å². The minimum absolute atomic E-state index is 0.251. The van der Waals surface area contributed by atoms with E-state index in [0.29, 0.717) is 23.8 Å². The maximum Gasteiger partial charge on any atom is 0.247 e. The second-order valence-corrected chi connectivity index (χ2v) is 8.09. The van der Waals surface area contributed by atoms with Crippen LogP contribution in [0.1, 0.15) is 22.4 Å². The highest BCUT2D eigenvalue weighted by atomic mass is 16.5. The van der Waals surface area contributed by atoms with Crippen LogP contribution in [0, 0.1) is 0 Å². The van der Waals surface area contributed by atoms with Crippen molar-refractivity contribution in [1.82, 2.24) is 14.9 Å². The zero-order valence-electron chi connectivity index (χ0n) is 19.5. The summed E-state index contributed by atoms with van der Waals surface area (Å²) < 4.78 is 10.7. The van der Waals surface area contributed by atoms with Gasteiger partial charge in [0.15, 0.2) is 5.75 Å². The number of benzene rings is 2. The summed E-state index contributed by atoms with van der Waals surface area (Å²) in [5, 5.41) is 6.11. The van der Waals surface area contributed by atoms with E-state index in [0.717, 1.165) is 43.2 Å². The molecule has 176 valence electrons. The van der Waals surface area contributed by atoms with Crippen molar-refractivity contribution in [3.05, 3.63) is 83.7 Å². The molecular formula is C26H29N5O3. The Kier molecular flexibility index (Phi) is 7.51. The topological polar surface area (TPSA) is 88.6 Å². The van der Waals surface area contributed by atoms with Crippen molar-refractivity contribution < 1.29 is 14.3 Å². The largest absolute Gasteiger partial charge is 0.493 e. The third-order valence-electron chi connectivity index (χ3n) is 5.66. The predicted octanol–water partition coefficient (Wildman–Crippen LogP) is 3.91. The molecular weight excluding hydrogens is 430 g/mol. The van der Waals surface area contributed by atoms with Crippen molar-refractivity contribution >= 4 is 23.2 Å². The molecule has 2 aromatic carbocycles. The number of aromatic nitrogens is 2. The molecule has 0 spiro atoms. The summed E-state index contributed by atoms with van der Waals surface area (Å²) in [6.07, 6.45) is 3.44. The van der Waals surface area contributed by atoms with Gasteiger partial charge in [-0.05, 0) is 47.0 Å². The number of ether oxygens (including phenoxy) is 2. The minimum Gasteiger partial charge on any atom is -0.493 e. The van der Waals surface area contributed by atoms with E-state index in [9.17, 15) is 4.79 Å². The maximum atomic E-state index is 11.6. The van der Waals surface area contributed by atoms with Gasteiger partial charge in [0.25, 0.3) is 0 Å². The number of nitrogens with zero attached hydrogens (tertiary/aromatic N) is 3. The van der Waals surface area contributed by atoms with Crippen LogP contribution >= 0.6 is 0 Å². The van der Waals surface area contributed by atoms with Crippen LogP contribution in [0.2, 0.25) is 0 Å². The standard InChI is InChI=1S/C26H29N5O3/c1-4-25(32)28-21-7-5-6-18(12-21)13-23-24(34-3)15-27-26(30-23)29-22-9-8-19-16-31(10-11-33-2)17-20(19)14-22/h4-9,12,14-15H,1,10-11,13,16-17H2,2-3H3,(H,28,32)(H,27,29,30). The normalized spacial score (nSPS) is 12.8. The molecule has 34 heavy (non-hydrogen) atoms. The van der Waals surface area contributed by atoms with E-state index in [2.05, 4.69) is 45.3 Å². The average molecular weight is 460 g/mol. The van der Waals surface area contributed by atoms with Gasteiger partial charge in [-0.1, -0.05) is 24.8 Å². The van der Waals surface area contributed by atoms with E-state index >= 15 is 0 Å². The quantitative estimate of drug-likeness (QED) is 0.445. The lowest BCUT2D eigenvalue weighted by Crippen LogP contribution is -2.21. The first-order valence-corrected chi connectivity index (χ1v) is 11.1. The van der Waals surface area contributed by atoms with Crippen LogP contribution in [-0.2, 0) is 29.0 Å². The van der Waals surface area contributed by atoms with E-state index in [4.69, 9.17) is 14.5 Å². The summed E-state index contributed by atoms with van der Waals surface area (Å²) in [7, 11) is 3.33. The number of carbonyl (C=O) groups is 1. The molecule has 0 fully saturated rings. The van der Waals surface area contributed by atoms with Gasteiger partial charge < -0.3 is 20.1 Å². The fourth-order valence-electron chi connectivity index (χ4n) is 3.96. The number of methoxy groups -OCH3 is 2. The number of amides is 1. The molecule has 1 aliphatic heterocycles. The van der Waals surface area contributed by atoms with Gasteiger partial charge in [0, 0.05) is 44.5 Å². The Balaban J connectivity index is 1.49. The Morgan fingerprint density at radius 2 is 2.00 bits per heavy atom. The monoisotopic (exact) mass is 459 g/mol. The molecule has 2 N–H and O–H groups in total. The van der Waals surface area contributed by atoms with Crippen LogP contribution in [0.4, 0.5) is 17.3 Å². The summed E-state index contributed by atoms with van der Waals surface area (Å²) in [6, 6.07) is 14.0. The summed E-state index contributed by atoms with van der Waals surface area (Å²) in [4.78, 5) is 23.1. The molecule has 0 saturated heterocycles. The number of rotatable bonds is 10. The van der Waals surface area contributed by atoms with Crippen molar-refractivity contribution in [2.24, 2.45) is 0 Å². The first-order valence-electron chi connectivity index (χ1n) is 11.1. The van der Waals surface area contributed by atoms with Gasteiger partial charge in [-0.3, -0.25) is 9.69 Å². The molecule has 4 rings (SSSR count). The van der Waals surface area contributed by atoms with Crippen molar-refractivity contribution in [1.29, 1.82) is 0 Å². The average Bonchev–Trinajstić information content (AvgIpc) is 3.25. The number of fused-ring (bicyclic) bond motifs is 1. The van der Waals surface area contributed by atoms with Crippen LogP contribution in [0.5, 0.6) is 5.75 Å². The number of hydrogen-bond acceptors (Lipinski definition) is 7. The third kappa shape index (κ3) is 5.78. The fourth-order valence-corrected chi connectivity index (χ4v) is 3.96. The van der Waals surface area contributed by atoms with Gasteiger partial charge in [0.05, 0.1) is 25.6 Å². The highest BCUT2D eigenvalue weighted by Crippen LogP contribution is 2.27. The van der Waals surface area contributed by atoms with Crippen LogP contribution in [0.3, 0.4) is 0 Å². The van der Waals surface area contributed by atoms with E-state index < -0.39 is 0 Å². The molecule has 1 amide bonds. The molecule has 8 heteroatoms. The predicted molar refractivity (Wildman–Crippen MR) is 132 cm³/mol. The molecule has 0 unspecified atom stereocenters. The number of anilines is 3. The molecule has 2 heterocycles. The zero-order valence-corrected chi connectivity index (χ0v) is 19.5. The lowest BCUT2D eigenvalue weighted by Gasteiger charge is -2.13. The van der Waals surface area contributed by atoms with Gasteiger partial charge in [-0.15, -0.1) is 0 Å². The highest BCUT2D eigenvalue weighted by Gasteiger charge is 2.19. The molecule has 0 bridgehead atoms. The van der Waals surface area contributed by atoms with E-state index in [1.807, 2.05) is 24.3 Å². The Morgan fingerprint density at radius 3 is 2.79 bits per heavy atom. The lowest BCUT2D eigenvalue weighted by molar-refractivity contribution is -0.111. The number of hydrogen-bond donors (Lipinski definition) is 2. The third-order valence-corrected chi connectivity index (χ3v) is 5.66. The minimum atomic E-state index is -0.251. The summed E-state index contributed by atoms with van der Waals surface area (Å²) in [5.41, 5.74) is 6.01. The van der Waals surface area contributed by atoms with Crippen molar-refractivity contribution in [3.8, 4) is 5.75 Å². The summed E-state index contributed by atoms with van der Waals surface area (Å²) in [6.45, 7) is 6.97. The SMILES string of the molecule is C=CC(=O)Nc1cccc(Cc2nc(Nc3ccc4c(c3)CN(CCOC)C4)ncc2OC)c1. The number of carbonyl (C=O) groups excluding carboxylic acids is 1. The van der Waals surface area contributed by atoms with Crippen LogP contribution < -0.4 is 15.4 Å². The molecule has 0 atom stereocenters. The van der Waals surface area contributed by atoms with Gasteiger partial charge in [0.1, 0.15) is 0 Å². The first-order chi connectivity index (χ1) is 16.6.